The van der Waals surface area contributed by atoms with E-state index in [2.05, 4.69) is 20.8 Å². The van der Waals surface area contributed by atoms with Crippen molar-refractivity contribution in [2.24, 2.45) is 7.05 Å². The number of nitrogens with zero attached hydrogens (tertiary/aromatic N) is 3. The van der Waals surface area contributed by atoms with Gasteiger partial charge in [0.1, 0.15) is 17.5 Å². The highest BCUT2D eigenvalue weighted by molar-refractivity contribution is 5.74. The molecule has 0 aliphatic heterocycles. The maximum atomic E-state index is 13.9. The van der Waals surface area contributed by atoms with Crippen LogP contribution in [0, 0.1) is 11.6 Å². The first kappa shape index (κ1) is 16.9. The first-order chi connectivity index (χ1) is 12.1. The molecule has 2 aromatic carbocycles. The summed E-state index contributed by atoms with van der Waals surface area (Å²) < 4.78 is 28.9. The van der Waals surface area contributed by atoms with Gasteiger partial charge < -0.3 is 15.2 Å². The molecule has 7 heteroatoms. The van der Waals surface area contributed by atoms with Crippen LogP contribution < -0.4 is 10.6 Å². The molecule has 2 N–H and O–H groups in total. The van der Waals surface area contributed by atoms with E-state index in [0.717, 1.165) is 29.8 Å². The smallest absolute Gasteiger partial charge is 0.152 e. The molecular weight excluding hydrogens is 324 g/mol. The molecule has 0 fully saturated rings. The molecule has 0 unspecified atom stereocenters. The van der Waals surface area contributed by atoms with Crippen molar-refractivity contribution < 1.29 is 8.78 Å². The van der Waals surface area contributed by atoms with Crippen LogP contribution in [-0.4, -0.2) is 14.8 Å². The van der Waals surface area contributed by atoms with E-state index in [1.54, 1.807) is 0 Å². The Labute approximate surface area is 144 Å². The van der Waals surface area contributed by atoms with E-state index < -0.39 is 11.6 Å². The Morgan fingerprint density at radius 2 is 1.68 bits per heavy atom. The van der Waals surface area contributed by atoms with Gasteiger partial charge in [-0.15, -0.1) is 10.2 Å². The zero-order chi connectivity index (χ0) is 17.8. The number of anilines is 3. The quantitative estimate of drug-likeness (QED) is 0.710. The largest absolute Gasteiger partial charge is 0.376 e. The summed E-state index contributed by atoms with van der Waals surface area (Å²) in [5.74, 6) is 0.468. The van der Waals surface area contributed by atoms with Crippen LogP contribution in [-0.2, 0) is 20.0 Å². The van der Waals surface area contributed by atoms with Gasteiger partial charge in [-0.3, -0.25) is 0 Å². The van der Waals surface area contributed by atoms with Gasteiger partial charge in [0.15, 0.2) is 5.82 Å². The maximum Gasteiger partial charge on any atom is 0.152 e. The highest BCUT2D eigenvalue weighted by Gasteiger charge is 2.10. The Balaban J connectivity index is 1.77. The summed E-state index contributed by atoms with van der Waals surface area (Å²) in [5, 5.41) is 14.6. The summed E-state index contributed by atoms with van der Waals surface area (Å²) in [6.45, 7) is 2.51. The normalized spacial score (nSPS) is 10.7. The minimum Gasteiger partial charge on any atom is -0.376 e. The molecule has 0 aliphatic carbocycles. The molecule has 0 atom stereocenters. The van der Waals surface area contributed by atoms with E-state index in [1.165, 1.54) is 12.1 Å². The van der Waals surface area contributed by atoms with Gasteiger partial charge in [0.2, 0.25) is 0 Å². The number of halogens is 2. The van der Waals surface area contributed by atoms with E-state index >= 15 is 0 Å². The highest BCUT2D eigenvalue weighted by atomic mass is 19.1. The SMILES string of the molecule is CCc1nnc(CNc2ccccc2Nc2ccc(F)cc2F)n1C. The Bertz CT molecular complexity index is 876. The molecule has 0 amide bonds. The number of benzene rings is 2. The molecule has 1 heterocycles. The third-order valence-electron chi connectivity index (χ3n) is 3.94. The number of rotatable bonds is 6. The fourth-order valence-electron chi connectivity index (χ4n) is 2.52. The summed E-state index contributed by atoms with van der Waals surface area (Å²) in [7, 11) is 1.92. The lowest BCUT2D eigenvalue weighted by Gasteiger charge is -2.14. The second-order valence-electron chi connectivity index (χ2n) is 5.59. The van der Waals surface area contributed by atoms with Crippen molar-refractivity contribution in [2.45, 2.75) is 19.9 Å². The van der Waals surface area contributed by atoms with Crippen molar-refractivity contribution >= 4 is 17.1 Å². The third-order valence-corrected chi connectivity index (χ3v) is 3.94. The maximum absolute atomic E-state index is 13.9. The number of hydrogen-bond acceptors (Lipinski definition) is 4. The lowest BCUT2D eigenvalue weighted by atomic mass is 10.2. The fraction of sp³-hybridized carbons (Fsp3) is 0.222. The van der Waals surface area contributed by atoms with Crippen molar-refractivity contribution in [3.63, 3.8) is 0 Å². The zero-order valence-corrected chi connectivity index (χ0v) is 14.1. The van der Waals surface area contributed by atoms with Crippen LogP contribution in [0.15, 0.2) is 42.5 Å². The van der Waals surface area contributed by atoms with Crippen LogP contribution in [0.2, 0.25) is 0 Å². The molecule has 3 rings (SSSR count). The lowest BCUT2D eigenvalue weighted by Crippen LogP contribution is -2.08. The Kier molecular flexibility index (Phi) is 4.92. The molecule has 0 aliphatic rings. The van der Waals surface area contributed by atoms with Crippen molar-refractivity contribution in [1.82, 2.24) is 14.8 Å². The van der Waals surface area contributed by atoms with Gasteiger partial charge in [0, 0.05) is 19.5 Å². The van der Waals surface area contributed by atoms with Crippen LogP contribution in [0.1, 0.15) is 18.6 Å². The fourth-order valence-corrected chi connectivity index (χ4v) is 2.52. The predicted octanol–water partition coefficient (Wildman–Crippen LogP) is 4.01. The van der Waals surface area contributed by atoms with Gasteiger partial charge in [0.05, 0.1) is 23.6 Å². The zero-order valence-electron chi connectivity index (χ0n) is 14.1. The Morgan fingerprint density at radius 1 is 0.960 bits per heavy atom. The number of para-hydroxylation sites is 2. The summed E-state index contributed by atoms with van der Waals surface area (Å²) in [6.07, 6.45) is 0.811. The van der Waals surface area contributed by atoms with Crippen molar-refractivity contribution in [3.05, 3.63) is 65.7 Å². The first-order valence-electron chi connectivity index (χ1n) is 8.00. The van der Waals surface area contributed by atoms with Gasteiger partial charge in [-0.25, -0.2) is 8.78 Å². The minimum absolute atomic E-state index is 0.211. The molecular formula is C18H19F2N5. The van der Waals surface area contributed by atoms with Crippen LogP contribution in [0.4, 0.5) is 25.8 Å². The highest BCUT2D eigenvalue weighted by Crippen LogP contribution is 2.27. The molecule has 0 spiro atoms. The van der Waals surface area contributed by atoms with Crippen LogP contribution >= 0.6 is 0 Å². The van der Waals surface area contributed by atoms with Gasteiger partial charge in [-0.2, -0.15) is 0 Å². The topological polar surface area (TPSA) is 54.8 Å². The molecule has 0 saturated heterocycles. The molecule has 25 heavy (non-hydrogen) atoms. The van der Waals surface area contributed by atoms with Gasteiger partial charge in [-0.05, 0) is 24.3 Å². The summed E-state index contributed by atoms with van der Waals surface area (Å²) >= 11 is 0. The Hall–Kier alpha value is -2.96. The summed E-state index contributed by atoms with van der Waals surface area (Å²) in [4.78, 5) is 0. The van der Waals surface area contributed by atoms with Crippen molar-refractivity contribution in [3.8, 4) is 0 Å². The molecule has 0 saturated carbocycles. The van der Waals surface area contributed by atoms with E-state index in [1.807, 2.05) is 42.8 Å². The third kappa shape index (κ3) is 3.76. The molecule has 3 aromatic rings. The van der Waals surface area contributed by atoms with E-state index in [-0.39, 0.29) is 5.69 Å². The van der Waals surface area contributed by atoms with E-state index in [4.69, 9.17) is 0 Å². The van der Waals surface area contributed by atoms with Gasteiger partial charge >= 0.3 is 0 Å². The van der Waals surface area contributed by atoms with E-state index in [0.29, 0.717) is 12.2 Å². The predicted molar refractivity (Wildman–Crippen MR) is 93.8 cm³/mol. The first-order valence-corrected chi connectivity index (χ1v) is 8.00. The number of nitrogens with one attached hydrogen (secondary N) is 2. The van der Waals surface area contributed by atoms with E-state index in [9.17, 15) is 8.78 Å². The molecule has 0 radical (unpaired) electrons. The minimum atomic E-state index is -0.643. The van der Waals surface area contributed by atoms with Crippen LogP contribution in [0.3, 0.4) is 0 Å². The van der Waals surface area contributed by atoms with Gasteiger partial charge in [0.25, 0.3) is 0 Å². The lowest BCUT2D eigenvalue weighted by molar-refractivity contribution is 0.586. The summed E-state index contributed by atoms with van der Waals surface area (Å²) in [6, 6.07) is 10.9. The second-order valence-corrected chi connectivity index (χ2v) is 5.59. The average Bonchev–Trinajstić information content (AvgIpc) is 2.96. The van der Waals surface area contributed by atoms with Crippen molar-refractivity contribution in [2.75, 3.05) is 10.6 Å². The molecule has 0 bridgehead atoms. The number of hydrogen-bond donors (Lipinski definition) is 2. The van der Waals surface area contributed by atoms with Gasteiger partial charge in [-0.1, -0.05) is 19.1 Å². The number of aromatic nitrogens is 3. The van der Waals surface area contributed by atoms with Crippen LogP contribution in [0.25, 0.3) is 0 Å². The Morgan fingerprint density at radius 3 is 2.36 bits per heavy atom. The molecule has 1 aromatic heterocycles. The standard InChI is InChI=1S/C18H19F2N5/c1-3-17-23-24-18(25(17)2)11-21-15-6-4-5-7-16(15)22-14-9-8-12(19)10-13(14)20/h4-10,21-22H,3,11H2,1-2H3. The second kappa shape index (κ2) is 7.29. The number of aryl methyl sites for hydroxylation is 1. The molecule has 130 valence electrons. The van der Waals surface area contributed by atoms with Crippen molar-refractivity contribution in [1.29, 1.82) is 0 Å². The van der Waals surface area contributed by atoms with Crippen LogP contribution in [0.5, 0.6) is 0 Å². The molecule has 5 nitrogen and oxygen atoms in total. The average molecular weight is 343 g/mol. The summed E-state index contributed by atoms with van der Waals surface area (Å²) in [5.41, 5.74) is 1.68. The monoisotopic (exact) mass is 343 g/mol.